The van der Waals surface area contributed by atoms with Crippen LogP contribution in [0.3, 0.4) is 0 Å². The van der Waals surface area contributed by atoms with E-state index in [1.165, 1.54) is 19.3 Å². The number of phenolic OH excluding ortho intramolecular Hbond substituents is 1. The maximum absolute atomic E-state index is 13.6. The van der Waals surface area contributed by atoms with Crippen LogP contribution in [0.1, 0.15) is 123 Å². The summed E-state index contributed by atoms with van der Waals surface area (Å²) in [5, 5.41) is 20.2. The molecule has 2 N–H and O–H groups in total. The van der Waals surface area contributed by atoms with Crippen molar-refractivity contribution in [3.63, 3.8) is 0 Å². The molecule has 0 amide bonds. The van der Waals surface area contributed by atoms with Crippen molar-refractivity contribution in [2.24, 2.45) is 22.7 Å². The van der Waals surface area contributed by atoms with Crippen molar-refractivity contribution in [3.8, 4) is 5.75 Å². The van der Waals surface area contributed by atoms with Gasteiger partial charge in [-0.25, -0.2) is 0 Å². The topological polar surface area (TPSA) is 64.4 Å². The Morgan fingerprint density at radius 1 is 1.06 bits per heavy atom. The molecule has 35 heavy (non-hydrogen) atoms. The number of carbonyl (C=O) groups is 1. The number of phenols is 1. The first-order valence-electron chi connectivity index (χ1n) is 13.7. The first-order chi connectivity index (χ1) is 16.0. The van der Waals surface area contributed by atoms with Crippen LogP contribution in [0.5, 0.6) is 5.75 Å². The normalized spacial score (nSPS) is 27.1. The number of benzene rings is 1. The average molecular weight is 483 g/mol. The number of fused-ring (bicyclic) bond motifs is 1. The zero-order chi connectivity index (χ0) is 26.6. The van der Waals surface area contributed by atoms with Gasteiger partial charge in [-0.2, -0.15) is 0 Å². The zero-order valence-corrected chi connectivity index (χ0v) is 24.1. The van der Waals surface area contributed by atoms with Gasteiger partial charge in [0, 0.05) is 28.7 Å². The van der Waals surface area contributed by atoms with Crippen LogP contribution in [-0.4, -0.2) is 34.7 Å². The summed E-state index contributed by atoms with van der Waals surface area (Å²) in [6.07, 6.45) is 5.94. The number of rotatable bonds is 7. The molecule has 1 heterocycles. The van der Waals surface area contributed by atoms with E-state index in [1.807, 2.05) is 17.0 Å². The second-order valence-electron chi connectivity index (χ2n) is 14.1. The fourth-order valence-corrected chi connectivity index (χ4v) is 6.83. The Hall–Kier alpha value is -1.84. The number of likely N-dealkylation sites (tertiary alicyclic amines) is 1. The van der Waals surface area contributed by atoms with E-state index >= 15 is 0 Å². The maximum atomic E-state index is 13.6. The predicted molar refractivity (Wildman–Crippen MR) is 147 cm³/mol. The summed E-state index contributed by atoms with van der Waals surface area (Å²) in [7, 11) is 0. The summed E-state index contributed by atoms with van der Waals surface area (Å²) >= 11 is 0. The summed E-state index contributed by atoms with van der Waals surface area (Å²) in [5.74, 6) is 2.43. The van der Waals surface area contributed by atoms with Gasteiger partial charge in [-0.15, -0.1) is 0 Å². The number of nitrogens with zero attached hydrogens (tertiary/aromatic N) is 1. The highest BCUT2D eigenvalue weighted by molar-refractivity contribution is 6.01. The average Bonchev–Trinajstić information content (AvgIpc) is 3.08. The zero-order valence-electron chi connectivity index (χ0n) is 24.1. The third kappa shape index (κ3) is 5.04. The molecule has 1 aliphatic carbocycles. The molecule has 0 radical (unpaired) electrons. The molecular weight excluding hydrogens is 432 g/mol. The highest BCUT2D eigenvalue weighted by atomic mass is 16.3. The molecule has 1 aromatic carbocycles. The lowest BCUT2D eigenvalue weighted by atomic mass is 9.70. The van der Waals surface area contributed by atoms with Gasteiger partial charge in [0.1, 0.15) is 11.6 Å². The smallest absolute Gasteiger partial charge is 0.182 e. The number of hydrogen-bond acceptors (Lipinski definition) is 3. The number of nitrogens with one attached hydrogen (secondary N) is 1. The molecule has 0 bridgehead atoms. The van der Waals surface area contributed by atoms with Gasteiger partial charge in [0.25, 0.3) is 0 Å². The molecule has 1 aliphatic heterocycles. The van der Waals surface area contributed by atoms with Crippen molar-refractivity contribution >= 4 is 11.6 Å². The fraction of sp³-hybridized carbons (Fsp3) is 0.742. The minimum Gasteiger partial charge on any atom is -0.507 e. The Balaban J connectivity index is 1.84. The number of amidine groups is 1. The Bertz CT molecular complexity index is 944. The van der Waals surface area contributed by atoms with Gasteiger partial charge in [-0.05, 0) is 59.5 Å². The maximum Gasteiger partial charge on any atom is 0.182 e. The molecule has 196 valence electrons. The molecule has 3 unspecified atom stereocenters. The molecule has 3 rings (SSSR count). The van der Waals surface area contributed by atoms with E-state index in [9.17, 15) is 9.90 Å². The minimum atomic E-state index is -0.275. The number of carbonyl (C=O) groups excluding carboxylic acids is 1. The number of Topliss-reactive ketones (excluding diaryl/α,β-unsaturated/α-hetero) is 1. The van der Waals surface area contributed by atoms with Crippen LogP contribution in [-0.2, 0) is 10.8 Å². The van der Waals surface area contributed by atoms with Crippen LogP contribution in [0.2, 0.25) is 0 Å². The molecule has 1 saturated carbocycles. The summed E-state index contributed by atoms with van der Waals surface area (Å²) in [6, 6.07) is 3.76. The highest BCUT2D eigenvalue weighted by Gasteiger charge is 2.61. The van der Waals surface area contributed by atoms with Crippen LogP contribution in [0.15, 0.2) is 12.1 Å². The van der Waals surface area contributed by atoms with Crippen LogP contribution in [0.25, 0.3) is 0 Å². The van der Waals surface area contributed by atoms with E-state index < -0.39 is 0 Å². The van der Waals surface area contributed by atoms with E-state index in [1.54, 1.807) is 0 Å². The summed E-state index contributed by atoms with van der Waals surface area (Å²) < 4.78 is 0. The van der Waals surface area contributed by atoms with Crippen molar-refractivity contribution in [1.82, 2.24) is 4.90 Å². The molecule has 4 nitrogen and oxygen atoms in total. The van der Waals surface area contributed by atoms with E-state index in [0.29, 0.717) is 23.1 Å². The number of aromatic hydroxyl groups is 1. The lowest BCUT2D eigenvalue weighted by Gasteiger charge is -2.31. The van der Waals surface area contributed by atoms with Gasteiger partial charge in [-0.3, -0.25) is 10.2 Å². The molecule has 2 aliphatic rings. The molecule has 0 spiro atoms. The fourth-order valence-electron chi connectivity index (χ4n) is 6.83. The van der Waals surface area contributed by atoms with Gasteiger partial charge in [0.2, 0.25) is 0 Å². The molecule has 4 heteroatoms. The molecule has 0 aromatic heterocycles. The van der Waals surface area contributed by atoms with Crippen molar-refractivity contribution in [2.75, 3.05) is 13.1 Å². The van der Waals surface area contributed by atoms with Gasteiger partial charge < -0.3 is 10.0 Å². The Labute approximate surface area is 214 Å². The third-order valence-corrected chi connectivity index (χ3v) is 9.35. The van der Waals surface area contributed by atoms with Gasteiger partial charge in [0.05, 0.1) is 6.54 Å². The highest BCUT2D eigenvalue weighted by Crippen LogP contribution is 2.61. The Kier molecular flexibility index (Phi) is 7.32. The van der Waals surface area contributed by atoms with Crippen LogP contribution < -0.4 is 0 Å². The minimum absolute atomic E-state index is 0.0338. The first-order valence-corrected chi connectivity index (χ1v) is 13.7. The lowest BCUT2D eigenvalue weighted by molar-refractivity contribution is 0.0955. The SMILES string of the molecule is CCC(CC)CC1CC2(C)CN(CC(=O)c3cc(C(C)(C)C)c(O)c(C(C)(C)C)c3)C(=N)C2(C)C1. The number of ketones is 1. The van der Waals surface area contributed by atoms with Gasteiger partial charge in [0.15, 0.2) is 5.78 Å². The van der Waals surface area contributed by atoms with Crippen molar-refractivity contribution in [2.45, 2.75) is 112 Å². The molecule has 1 saturated heterocycles. The predicted octanol–water partition coefficient (Wildman–Crippen LogP) is 7.71. The lowest BCUT2D eigenvalue weighted by Crippen LogP contribution is -2.36. The largest absolute Gasteiger partial charge is 0.507 e. The van der Waals surface area contributed by atoms with Crippen molar-refractivity contribution in [3.05, 3.63) is 28.8 Å². The first kappa shape index (κ1) is 27.7. The Morgan fingerprint density at radius 2 is 1.57 bits per heavy atom. The van der Waals surface area contributed by atoms with Gasteiger partial charge >= 0.3 is 0 Å². The third-order valence-electron chi connectivity index (χ3n) is 9.35. The monoisotopic (exact) mass is 482 g/mol. The summed E-state index contributed by atoms with van der Waals surface area (Å²) in [6.45, 7) is 22.6. The molecular formula is C31H50N2O2. The Morgan fingerprint density at radius 3 is 2.00 bits per heavy atom. The van der Waals surface area contributed by atoms with Crippen molar-refractivity contribution in [1.29, 1.82) is 5.41 Å². The summed E-state index contributed by atoms with van der Waals surface area (Å²) in [5.41, 5.74) is 1.60. The number of hydrogen-bond donors (Lipinski definition) is 2. The van der Waals surface area contributed by atoms with Crippen LogP contribution >= 0.6 is 0 Å². The van der Waals surface area contributed by atoms with Crippen molar-refractivity contribution < 1.29 is 9.90 Å². The van der Waals surface area contributed by atoms with E-state index in [0.717, 1.165) is 36.4 Å². The second kappa shape index (κ2) is 9.23. The second-order valence-corrected chi connectivity index (χ2v) is 14.1. The standard InChI is InChI=1S/C31H50N2O2/c1-11-20(12-2)13-21-16-30(9)19-33(27(32)31(30,10)17-21)18-25(34)22-14-23(28(3,4)5)26(35)24(15-22)29(6,7)8/h14-15,20-21,32,35H,11-13,16-19H2,1-10H3. The van der Waals surface area contributed by atoms with Crippen LogP contribution in [0.4, 0.5) is 0 Å². The summed E-state index contributed by atoms with van der Waals surface area (Å²) in [4.78, 5) is 15.6. The van der Waals surface area contributed by atoms with Gasteiger partial charge in [-0.1, -0.05) is 82.1 Å². The quantitative estimate of drug-likeness (QED) is 0.391. The van der Waals surface area contributed by atoms with E-state index in [4.69, 9.17) is 5.41 Å². The van der Waals surface area contributed by atoms with E-state index in [2.05, 4.69) is 69.2 Å². The molecule has 2 fully saturated rings. The van der Waals surface area contributed by atoms with E-state index in [-0.39, 0.29) is 34.0 Å². The molecule has 1 aromatic rings. The molecule has 3 atom stereocenters. The van der Waals surface area contributed by atoms with Crippen LogP contribution in [0, 0.1) is 28.1 Å².